The van der Waals surface area contributed by atoms with Crippen molar-refractivity contribution in [1.29, 1.82) is 0 Å². The third kappa shape index (κ3) is 4.68. The van der Waals surface area contributed by atoms with Gasteiger partial charge in [0.2, 0.25) is 0 Å². The number of aromatic nitrogens is 6. The molecule has 0 unspecified atom stereocenters. The van der Waals surface area contributed by atoms with Gasteiger partial charge in [-0.05, 0) is 64.2 Å². The molecule has 0 amide bonds. The average Bonchev–Trinajstić information content (AvgIpc) is 3.28. The van der Waals surface area contributed by atoms with E-state index in [1.54, 1.807) is 31.0 Å². The Morgan fingerprint density at radius 3 is 1.87 bits per heavy atom. The Morgan fingerprint density at radius 1 is 0.692 bits per heavy atom. The fraction of sp³-hybridized carbons (Fsp3) is 0.0690. The maximum Gasteiger partial charge on any atom is 0.416 e. The number of pyridine rings is 2. The lowest BCUT2D eigenvalue weighted by molar-refractivity contribution is -0.137. The van der Waals surface area contributed by atoms with Crippen LogP contribution in [0.25, 0.3) is 39.0 Å². The molecule has 6 aromatic rings. The van der Waals surface area contributed by atoms with Crippen molar-refractivity contribution in [2.75, 3.05) is 0 Å². The molecule has 192 valence electrons. The maximum atomic E-state index is 13.2. The zero-order valence-corrected chi connectivity index (χ0v) is 20.2. The summed E-state index contributed by atoms with van der Waals surface area (Å²) in [5.74, 6) is 0. The minimum absolute atomic E-state index is 0.00786. The summed E-state index contributed by atoms with van der Waals surface area (Å²) >= 11 is 0. The summed E-state index contributed by atoms with van der Waals surface area (Å²) in [5.41, 5.74) is 4.76. The molecule has 10 heteroatoms. The fourth-order valence-electron chi connectivity index (χ4n) is 4.44. The predicted octanol–water partition coefficient (Wildman–Crippen LogP) is 5.75. The highest BCUT2D eigenvalue weighted by Gasteiger charge is 2.30. The quantitative estimate of drug-likeness (QED) is 0.287. The highest BCUT2D eigenvalue weighted by atomic mass is 19.4. The minimum Gasteiger partial charge on any atom is -0.265 e. The first kappa shape index (κ1) is 24.2. The summed E-state index contributed by atoms with van der Waals surface area (Å²) in [6, 6.07) is 20.1. The number of fused-ring (bicyclic) bond motifs is 1. The fourth-order valence-corrected chi connectivity index (χ4v) is 4.44. The van der Waals surface area contributed by atoms with Crippen molar-refractivity contribution >= 4 is 5.65 Å². The van der Waals surface area contributed by atoms with E-state index in [0.717, 1.165) is 39.9 Å². The van der Waals surface area contributed by atoms with Crippen molar-refractivity contribution in [2.45, 2.75) is 12.7 Å². The molecule has 7 nitrogen and oxygen atoms in total. The van der Waals surface area contributed by atoms with Gasteiger partial charge in [-0.15, -0.1) is 5.10 Å². The van der Waals surface area contributed by atoms with E-state index in [0.29, 0.717) is 16.8 Å². The molecule has 0 aliphatic rings. The minimum atomic E-state index is -4.44. The first-order chi connectivity index (χ1) is 18.9. The van der Waals surface area contributed by atoms with Crippen molar-refractivity contribution in [2.24, 2.45) is 0 Å². The van der Waals surface area contributed by atoms with E-state index in [9.17, 15) is 18.0 Å². The highest BCUT2D eigenvalue weighted by molar-refractivity contribution is 5.91. The van der Waals surface area contributed by atoms with Crippen molar-refractivity contribution < 1.29 is 13.2 Å². The summed E-state index contributed by atoms with van der Waals surface area (Å²) in [6.07, 6.45) is 3.97. The number of alkyl halides is 3. The van der Waals surface area contributed by atoms with E-state index in [1.165, 1.54) is 21.3 Å². The van der Waals surface area contributed by atoms with Crippen LogP contribution in [-0.4, -0.2) is 29.4 Å². The summed E-state index contributed by atoms with van der Waals surface area (Å²) in [6.45, 7) is -0.00786. The van der Waals surface area contributed by atoms with Crippen molar-refractivity contribution in [1.82, 2.24) is 29.4 Å². The van der Waals surface area contributed by atoms with E-state index in [4.69, 9.17) is 0 Å². The van der Waals surface area contributed by atoms with Gasteiger partial charge in [0.1, 0.15) is 0 Å². The van der Waals surface area contributed by atoms with Crippen LogP contribution in [-0.2, 0) is 12.7 Å². The monoisotopic (exact) mass is 524 g/mol. The second kappa shape index (κ2) is 9.64. The Balaban J connectivity index is 1.45. The maximum absolute atomic E-state index is 13.2. The normalized spacial score (nSPS) is 11.7. The molecule has 0 spiro atoms. The number of hydrogen-bond acceptors (Lipinski definition) is 5. The standard InChI is InChI=1S/C29H19F3N6O/c30-29(31,32)24-7-1-19(2-8-24)18-37-28(39)38-27(36-37)26(23-11-15-34-16-12-23)25(17-35-38)22-5-3-20(4-6-22)21-9-13-33-14-10-21/h1-17H,18H2. The van der Waals surface area contributed by atoms with Crippen LogP contribution < -0.4 is 5.69 Å². The molecule has 39 heavy (non-hydrogen) atoms. The molecule has 0 saturated heterocycles. The van der Waals surface area contributed by atoms with Crippen LogP contribution in [0.1, 0.15) is 11.1 Å². The molecule has 0 saturated carbocycles. The Bertz CT molecular complexity index is 1810. The zero-order valence-electron chi connectivity index (χ0n) is 20.2. The molecular weight excluding hydrogens is 505 g/mol. The second-order valence-corrected chi connectivity index (χ2v) is 8.85. The van der Waals surface area contributed by atoms with Gasteiger partial charge in [0.25, 0.3) is 0 Å². The van der Waals surface area contributed by atoms with Crippen LogP contribution >= 0.6 is 0 Å². The number of benzene rings is 2. The van der Waals surface area contributed by atoms with Crippen LogP contribution in [0.4, 0.5) is 13.2 Å². The van der Waals surface area contributed by atoms with Crippen molar-refractivity contribution in [3.8, 4) is 33.4 Å². The van der Waals surface area contributed by atoms with Crippen LogP contribution in [0, 0.1) is 0 Å². The number of halogens is 3. The Hall–Kier alpha value is -5.12. The SMILES string of the molecule is O=c1n(Cc2ccc(C(F)(F)F)cc2)nc2c(-c3ccncc3)c(-c3ccc(-c4ccncc4)cc3)cnn12. The lowest BCUT2D eigenvalue weighted by Gasteiger charge is -2.11. The molecule has 0 radical (unpaired) electrons. The van der Waals surface area contributed by atoms with Gasteiger partial charge in [-0.3, -0.25) is 9.97 Å². The molecule has 4 heterocycles. The van der Waals surface area contributed by atoms with Gasteiger partial charge >= 0.3 is 11.9 Å². The highest BCUT2D eigenvalue weighted by Crippen LogP contribution is 2.35. The van der Waals surface area contributed by atoms with Crippen molar-refractivity contribution in [3.63, 3.8) is 0 Å². The van der Waals surface area contributed by atoms with Gasteiger partial charge in [-0.1, -0.05) is 36.4 Å². The van der Waals surface area contributed by atoms with Gasteiger partial charge in [-0.2, -0.15) is 22.8 Å². The molecule has 0 aliphatic heterocycles. The third-order valence-corrected chi connectivity index (χ3v) is 6.41. The van der Waals surface area contributed by atoms with Crippen molar-refractivity contribution in [3.05, 3.63) is 125 Å². The molecule has 0 N–H and O–H groups in total. The topological polar surface area (TPSA) is 78.0 Å². The van der Waals surface area contributed by atoms with E-state index in [-0.39, 0.29) is 6.54 Å². The van der Waals surface area contributed by atoms with E-state index in [1.807, 2.05) is 48.5 Å². The number of nitrogens with zero attached hydrogens (tertiary/aromatic N) is 6. The van der Waals surface area contributed by atoms with Crippen LogP contribution in [0.3, 0.4) is 0 Å². The summed E-state index contributed by atoms with van der Waals surface area (Å²) in [4.78, 5) is 21.4. The average molecular weight is 525 g/mol. The lowest BCUT2D eigenvalue weighted by atomic mass is 9.96. The van der Waals surface area contributed by atoms with Crippen LogP contribution in [0.5, 0.6) is 0 Å². The summed E-state index contributed by atoms with van der Waals surface area (Å²) in [5, 5.41) is 8.94. The third-order valence-electron chi connectivity index (χ3n) is 6.41. The molecule has 0 fully saturated rings. The molecule has 0 bridgehead atoms. The predicted molar refractivity (Wildman–Crippen MR) is 140 cm³/mol. The van der Waals surface area contributed by atoms with Crippen LogP contribution in [0.15, 0.2) is 109 Å². The molecule has 4 aromatic heterocycles. The zero-order chi connectivity index (χ0) is 27.0. The number of rotatable bonds is 5. The van der Waals surface area contributed by atoms with Gasteiger partial charge in [0.05, 0.1) is 18.3 Å². The Labute approximate surface area is 219 Å². The summed E-state index contributed by atoms with van der Waals surface area (Å²) < 4.78 is 41.3. The van der Waals surface area contributed by atoms with E-state index < -0.39 is 17.4 Å². The molecule has 0 atom stereocenters. The number of hydrogen-bond donors (Lipinski definition) is 0. The largest absolute Gasteiger partial charge is 0.416 e. The lowest BCUT2D eigenvalue weighted by Crippen LogP contribution is -2.23. The molecule has 2 aromatic carbocycles. The molecular formula is C29H19F3N6O. The smallest absolute Gasteiger partial charge is 0.265 e. The second-order valence-electron chi connectivity index (χ2n) is 8.85. The molecule has 6 rings (SSSR count). The van der Waals surface area contributed by atoms with Crippen LogP contribution in [0.2, 0.25) is 0 Å². The van der Waals surface area contributed by atoms with E-state index >= 15 is 0 Å². The van der Waals surface area contributed by atoms with Gasteiger partial charge in [-0.25, -0.2) is 9.48 Å². The van der Waals surface area contributed by atoms with Gasteiger partial charge in [0.15, 0.2) is 5.65 Å². The van der Waals surface area contributed by atoms with Gasteiger partial charge < -0.3 is 0 Å². The molecule has 0 aliphatic carbocycles. The van der Waals surface area contributed by atoms with E-state index in [2.05, 4.69) is 20.2 Å². The Morgan fingerprint density at radius 2 is 1.26 bits per heavy atom. The first-order valence-electron chi connectivity index (χ1n) is 11.9. The Kier molecular flexibility index (Phi) is 5.99. The summed E-state index contributed by atoms with van der Waals surface area (Å²) in [7, 11) is 0. The van der Waals surface area contributed by atoms with Gasteiger partial charge in [0, 0.05) is 35.9 Å². The first-order valence-corrected chi connectivity index (χ1v) is 11.9.